The van der Waals surface area contributed by atoms with E-state index in [4.69, 9.17) is 5.11 Å². The molecule has 2 heterocycles. The van der Waals surface area contributed by atoms with Crippen LogP contribution in [0.25, 0.3) is 0 Å². The quantitative estimate of drug-likeness (QED) is 0.828. The molecule has 0 aliphatic carbocycles. The van der Waals surface area contributed by atoms with Gasteiger partial charge in [-0.15, -0.1) is 0 Å². The van der Waals surface area contributed by atoms with Crippen molar-refractivity contribution in [2.75, 3.05) is 0 Å². The van der Waals surface area contributed by atoms with E-state index in [2.05, 4.69) is 10.4 Å². The summed E-state index contributed by atoms with van der Waals surface area (Å²) in [5, 5.41) is 16.0. The average molecular weight is 279 g/mol. The number of hydrogen-bond donors (Lipinski definition) is 2. The number of carboxylic acid groups (broad SMARTS) is 1. The minimum absolute atomic E-state index is 0.323. The van der Waals surface area contributed by atoms with Crippen molar-refractivity contribution >= 4 is 11.9 Å². The van der Waals surface area contributed by atoms with Crippen molar-refractivity contribution in [1.82, 2.24) is 15.1 Å². The minimum Gasteiger partial charge on any atom is -0.480 e. The van der Waals surface area contributed by atoms with E-state index in [9.17, 15) is 9.59 Å². The highest BCUT2D eigenvalue weighted by Crippen LogP contribution is 2.18. The maximum Gasteiger partial charge on any atom is 0.326 e. The summed E-state index contributed by atoms with van der Waals surface area (Å²) in [6.07, 6.45) is 6.64. The van der Waals surface area contributed by atoms with Crippen molar-refractivity contribution in [3.8, 4) is 0 Å². The molecule has 6 nitrogen and oxygen atoms in total. The first-order valence-corrected chi connectivity index (χ1v) is 7.21. The molecule has 20 heavy (non-hydrogen) atoms. The number of aryl methyl sites for hydroxylation is 1. The lowest BCUT2D eigenvalue weighted by Crippen LogP contribution is -2.41. The Hall–Kier alpha value is -1.85. The van der Waals surface area contributed by atoms with Crippen molar-refractivity contribution in [3.63, 3.8) is 0 Å². The maximum absolute atomic E-state index is 12.2. The Kier molecular flexibility index (Phi) is 4.76. The number of aliphatic carboxylic acids is 1. The Labute approximate surface area is 118 Å². The van der Waals surface area contributed by atoms with Crippen LogP contribution in [0, 0.1) is 0 Å². The molecule has 0 aromatic carbocycles. The summed E-state index contributed by atoms with van der Waals surface area (Å²) in [5.41, 5.74) is 1.45. The molecule has 1 aliphatic heterocycles. The highest BCUT2D eigenvalue weighted by molar-refractivity contribution is 5.97. The van der Waals surface area contributed by atoms with E-state index in [1.165, 1.54) is 0 Å². The molecule has 1 aliphatic rings. The predicted molar refractivity (Wildman–Crippen MR) is 73.6 cm³/mol. The van der Waals surface area contributed by atoms with Crippen LogP contribution >= 0.6 is 0 Å². The highest BCUT2D eigenvalue weighted by atomic mass is 16.4. The Bertz CT molecular complexity index is 496. The first-order chi connectivity index (χ1) is 9.63. The standard InChI is InChI=1S/C14H21N3O3/c1-2-3-6-11(14(19)20)16-13(18)10-9-15-17-8-5-4-7-12(10)17/h9,11H,2-8H2,1H3,(H,16,18)(H,19,20). The molecule has 1 unspecified atom stereocenters. The van der Waals surface area contributed by atoms with Gasteiger partial charge < -0.3 is 10.4 Å². The molecule has 2 N–H and O–H groups in total. The summed E-state index contributed by atoms with van der Waals surface area (Å²) in [6.45, 7) is 2.83. The molecule has 6 heteroatoms. The Morgan fingerprint density at radius 3 is 3.00 bits per heavy atom. The normalized spacial score (nSPS) is 15.4. The molecule has 0 radical (unpaired) electrons. The van der Waals surface area contributed by atoms with Gasteiger partial charge >= 0.3 is 5.97 Å². The van der Waals surface area contributed by atoms with Gasteiger partial charge in [0, 0.05) is 6.54 Å². The second kappa shape index (κ2) is 6.54. The number of fused-ring (bicyclic) bond motifs is 1. The molecule has 1 atom stereocenters. The molecule has 1 aromatic heterocycles. The number of carbonyl (C=O) groups is 2. The number of nitrogens with zero attached hydrogens (tertiary/aromatic N) is 2. The van der Waals surface area contributed by atoms with E-state index in [0.29, 0.717) is 12.0 Å². The molecule has 0 spiro atoms. The summed E-state index contributed by atoms with van der Waals surface area (Å²) < 4.78 is 1.85. The molecular formula is C14H21N3O3. The molecule has 0 fully saturated rings. The topological polar surface area (TPSA) is 84.2 Å². The fraction of sp³-hybridized carbons (Fsp3) is 0.643. The molecular weight excluding hydrogens is 258 g/mol. The zero-order valence-electron chi connectivity index (χ0n) is 11.8. The van der Waals surface area contributed by atoms with E-state index in [-0.39, 0.29) is 5.91 Å². The summed E-state index contributed by atoms with van der Waals surface area (Å²) in [5.74, 6) is -1.30. The number of carbonyl (C=O) groups excluding carboxylic acids is 1. The van der Waals surface area contributed by atoms with E-state index in [1.807, 2.05) is 11.6 Å². The molecule has 110 valence electrons. The third-order valence-corrected chi connectivity index (χ3v) is 3.68. The van der Waals surface area contributed by atoms with Gasteiger partial charge in [0.25, 0.3) is 5.91 Å². The Morgan fingerprint density at radius 2 is 2.30 bits per heavy atom. The van der Waals surface area contributed by atoms with Crippen LogP contribution in [-0.2, 0) is 17.8 Å². The molecule has 2 rings (SSSR count). The van der Waals surface area contributed by atoms with Crippen LogP contribution in [0.2, 0.25) is 0 Å². The largest absolute Gasteiger partial charge is 0.480 e. The molecule has 1 amide bonds. The lowest BCUT2D eigenvalue weighted by molar-refractivity contribution is -0.139. The first kappa shape index (κ1) is 14.6. The first-order valence-electron chi connectivity index (χ1n) is 7.21. The number of amides is 1. The number of rotatable bonds is 6. The smallest absolute Gasteiger partial charge is 0.326 e. The SMILES string of the molecule is CCCCC(NC(=O)c1cnn2c1CCCC2)C(=O)O. The highest BCUT2D eigenvalue weighted by Gasteiger charge is 2.24. The van der Waals surface area contributed by atoms with E-state index in [1.54, 1.807) is 6.20 Å². The minimum atomic E-state index is -0.979. The van der Waals surface area contributed by atoms with Crippen molar-refractivity contribution < 1.29 is 14.7 Å². The predicted octanol–water partition coefficient (Wildman–Crippen LogP) is 1.59. The average Bonchev–Trinajstić information content (AvgIpc) is 2.87. The van der Waals surface area contributed by atoms with Crippen molar-refractivity contribution in [3.05, 3.63) is 17.5 Å². The third-order valence-electron chi connectivity index (χ3n) is 3.68. The van der Waals surface area contributed by atoms with Gasteiger partial charge in [0.1, 0.15) is 6.04 Å². The maximum atomic E-state index is 12.2. The van der Waals surface area contributed by atoms with Crippen LogP contribution in [0.15, 0.2) is 6.20 Å². The van der Waals surface area contributed by atoms with E-state index in [0.717, 1.165) is 44.3 Å². The van der Waals surface area contributed by atoms with Crippen molar-refractivity contribution in [2.45, 2.75) is 58.0 Å². The summed E-state index contributed by atoms with van der Waals surface area (Å²) in [6, 6.07) is -0.818. The van der Waals surface area contributed by atoms with Gasteiger partial charge in [-0.2, -0.15) is 5.10 Å². The fourth-order valence-corrected chi connectivity index (χ4v) is 2.51. The zero-order chi connectivity index (χ0) is 14.5. The molecule has 1 aromatic rings. The van der Waals surface area contributed by atoms with Crippen LogP contribution in [-0.4, -0.2) is 32.8 Å². The van der Waals surface area contributed by atoms with Gasteiger partial charge in [0.15, 0.2) is 0 Å². The van der Waals surface area contributed by atoms with Crippen LogP contribution in [0.4, 0.5) is 0 Å². The van der Waals surface area contributed by atoms with Crippen LogP contribution in [0.3, 0.4) is 0 Å². The monoisotopic (exact) mass is 279 g/mol. The Balaban J connectivity index is 2.06. The zero-order valence-corrected chi connectivity index (χ0v) is 11.8. The second-order valence-corrected chi connectivity index (χ2v) is 5.19. The van der Waals surface area contributed by atoms with E-state index < -0.39 is 12.0 Å². The number of unbranched alkanes of at least 4 members (excludes halogenated alkanes) is 1. The molecule has 0 saturated carbocycles. The number of aromatic nitrogens is 2. The van der Waals surface area contributed by atoms with Gasteiger partial charge in [-0.25, -0.2) is 4.79 Å². The van der Waals surface area contributed by atoms with Crippen molar-refractivity contribution in [1.29, 1.82) is 0 Å². The van der Waals surface area contributed by atoms with Gasteiger partial charge in [0.05, 0.1) is 17.5 Å². The van der Waals surface area contributed by atoms with Gasteiger partial charge in [-0.05, 0) is 25.7 Å². The number of nitrogens with one attached hydrogen (secondary N) is 1. The van der Waals surface area contributed by atoms with Gasteiger partial charge in [0.2, 0.25) is 0 Å². The van der Waals surface area contributed by atoms with Crippen molar-refractivity contribution in [2.24, 2.45) is 0 Å². The van der Waals surface area contributed by atoms with Crippen LogP contribution in [0.5, 0.6) is 0 Å². The lowest BCUT2D eigenvalue weighted by atomic mass is 10.1. The second-order valence-electron chi connectivity index (χ2n) is 5.19. The Morgan fingerprint density at radius 1 is 1.50 bits per heavy atom. The lowest BCUT2D eigenvalue weighted by Gasteiger charge is -2.16. The van der Waals surface area contributed by atoms with E-state index >= 15 is 0 Å². The number of hydrogen-bond acceptors (Lipinski definition) is 3. The number of carboxylic acids is 1. The summed E-state index contributed by atoms with van der Waals surface area (Å²) in [7, 11) is 0. The van der Waals surface area contributed by atoms with Gasteiger partial charge in [-0.3, -0.25) is 9.48 Å². The summed E-state index contributed by atoms with van der Waals surface area (Å²) in [4.78, 5) is 23.4. The molecule has 0 saturated heterocycles. The van der Waals surface area contributed by atoms with Crippen LogP contribution < -0.4 is 5.32 Å². The summed E-state index contributed by atoms with van der Waals surface area (Å²) >= 11 is 0. The van der Waals surface area contributed by atoms with Crippen LogP contribution in [0.1, 0.15) is 55.1 Å². The fourth-order valence-electron chi connectivity index (χ4n) is 2.51. The van der Waals surface area contributed by atoms with Gasteiger partial charge in [-0.1, -0.05) is 19.8 Å². The molecule has 0 bridgehead atoms. The third kappa shape index (κ3) is 3.18.